The topological polar surface area (TPSA) is 58.9 Å². The number of halogens is 1. The van der Waals surface area contributed by atoms with Crippen LogP contribution in [-0.4, -0.2) is 24.5 Å². The number of methoxy groups -OCH3 is 1. The van der Waals surface area contributed by atoms with Gasteiger partial charge in [0.05, 0.1) is 23.9 Å². The minimum absolute atomic E-state index is 0.242. The highest BCUT2D eigenvalue weighted by Crippen LogP contribution is 2.17. The fourth-order valence-corrected chi connectivity index (χ4v) is 1.15. The van der Waals surface area contributed by atoms with E-state index in [9.17, 15) is 4.79 Å². The van der Waals surface area contributed by atoms with Crippen molar-refractivity contribution in [3.8, 4) is 0 Å². The first kappa shape index (κ1) is 10.5. The van der Waals surface area contributed by atoms with Gasteiger partial charge in [-0.25, -0.2) is 4.79 Å². The van der Waals surface area contributed by atoms with Gasteiger partial charge in [-0.3, -0.25) is 0 Å². The molecule has 0 aromatic heterocycles. The molecule has 0 fully saturated rings. The van der Waals surface area contributed by atoms with Crippen molar-refractivity contribution < 1.29 is 14.7 Å². The highest BCUT2D eigenvalue weighted by molar-refractivity contribution is 6.33. The summed E-state index contributed by atoms with van der Waals surface area (Å²) in [6.45, 7) is 0. The van der Waals surface area contributed by atoms with Crippen LogP contribution in [-0.2, 0) is 4.74 Å². The van der Waals surface area contributed by atoms with Crippen LogP contribution < -0.4 is 0 Å². The van der Waals surface area contributed by atoms with Crippen LogP contribution in [0.25, 0.3) is 0 Å². The number of hydrogen-bond acceptors (Lipinski definition) is 4. The van der Waals surface area contributed by atoms with Crippen molar-refractivity contribution >= 4 is 23.8 Å². The molecule has 0 spiro atoms. The largest absolute Gasteiger partial charge is 0.465 e. The van der Waals surface area contributed by atoms with Crippen LogP contribution in [0.1, 0.15) is 15.9 Å². The molecule has 0 atom stereocenters. The molecule has 74 valence electrons. The first-order valence-corrected chi connectivity index (χ1v) is 4.12. The third-order valence-corrected chi connectivity index (χ3v) is 1.93. The number of carbonyl (C=O) groups is 1. The van der Waals surface area contributed by atoms with Gasteiger partial charge in [0, 0.05) is 0 Å². The maximum Gasteiger partial charge on any atom is 0.339 e. The average molecular weight is 214 g/mol. The summed E-state index contributed by atoms with van der Waals surface area (Å²) in [7, 11) is 1.27. The Balaban J connectivity index is 3.14. The predicted molar refractivity (Wildman–Crippen MR) is 52.2 cm³/mol. The highest BCUT2D eigenvalue weighted by Gasteiger charge is 2.10. The molecule has 0 heterocycles. The van der Waals surface area contributed by atoms with Crippen molar-refractivity contribution in [2.75, 3.05) is 7.11 Å². The lowest BCUT2D eigenvalue weighted by atomic mass is 10.1. The molecule has 0 aliphatic carbocycles. The highest BCUT2D eigenvalue weighted by atomic mass is 35.5. The number of oxime groups is 1. The Morgan fingerprint density at radius 2 is 2.36 bits per heavy atom. The Morgan fingerprint density at radius 1 is 1.64 bits per heavy atom. The second-order valence-electron chi connectivity index (χ2n) is 2.48. The average Bonchev–Trinajstić information content (AvgIpc) is 2.20. The molecule has 0 aliphatic heterocycles. The Kier molecular flexibility index (Phi) is 3.48. The summed E-state index contributed by atoms with van der Waals surface area (Å²) in [6, 6.07) is 4.63. The number of nitrogens with zero attached hydrogens (tertiary/aromatic N) is 1. The molecule has 1 N–H and O–H groups in total. The van der Waals surface area contributed by atoms with Gasteiger partial charge >= 0.3 is 5.97 Å². The van der Waals surface area contributed by atoms with E-state index in [1.54, 1.807) is 6.07 Å². The van der Waals surface area contributed by atoms with Crippen molar-refractivity contribution in [3.05, 3.63) is 34.3 Å². The van der Waals surface area contributed by atoms with E-state index in [1.807, 2.05) is 0 Å². The van der Waals surface area contributed by atoms with Gasteiger partial charge < -0.3 is 9.94 Å². The molecule has 0 bridgehead atoms. The minimum Gasteiger partial charge on any atom is -0.465 e. The Morgan fingerprint density at radius 3 is 2.93 bits per heavy atom. The van der Waals surface area contributed by atoms with Crippen LogP contribution in [0.3, 0.4) is 0 Å². The van der Waals surface area contributed by atoms with Crippen LogP contribution in [0, 0.1) is 0 Å². The van der Waals surface area contributed by atoms with Crippen molar-refractivity contribution in [3.63, 3.8) is 0 Å². The van der Waals surface area contributed by atoms with Crippen molar-refractivity contribution in [1.29, 1.82) is 0 Å². The van der Waals surface area contributed by atoms with E-state index in [0.29, 0.717) is 10.6 Å². The summed E-state index contributed by atoms with van der Waals surface area (Å²) in [6.07, 6.45) is 1.20. The van der Waals surface area contributed by atoms with Crippen LogP contribution in [0.5, 0.6) is 0 Å². The van der Waals surface area contributed by atoms with Gasteiger partial charge in [0.25, 0.3) is 0 Å². The van der Waals surface area contributed by atoms with E-state index in [1.165, 1.54) is 25.5 Å². The van der Waals surface area contributed by atoms with Crippen LogP contribution >= 0.6 is 11.6 Å². The molecule has 0 saturated heterocycles. The van der Waals surface area contributed by atoms with E-state index < -0.39 is 5.97 Å². The van der Waals surface area contributed by atoms with Crippen molar-refractivity contribution in [2.45, 2.75) is 0 Å². The molecule has 5 heteroatoms. The SMILES string of the molecule is COC(=O)c1cc(/C=N\O)ccc1Cl. The first-order valence-electron chi connectivity index (χ1n) is 3.74. The molecule has 0 amide bonds. The third-order valence-electron chi connectivity index (χ3n) is 1.60. The number of carbonyl (C=O) groups excluding carboxylic acids is 1. The quantitative estimate of drug-likeness (QED) is 0.354. The maximum absolute atomic E-state index is 11.2. The lowest BCUT2D eigenvalue weighted by Gasteiger charge is -2.02. The van der Waals surface area contributed by atoms with E-state index in [0.717, 1.165) is 0 Å². The summed E-state index contributed by atoms with van der Waals surface area (Å²) in [4.78, 5) is 11.2. The first-order chi connectivity index (χ1) is 6.69. The Labute approximate surface area is 85.7 Å². The Bertz CT molecular complexity index is 376. The van der Waals surface area contributed by atoms with E-state index in [4.69, 9.17) is 16.8 Å². The van der Waals surface area contributed by atoms with Gasteiger partial charge in [-0.1, -0.05) is 22.8 Å². The van der Waals surface area contributed by atoms with Gasteiger partial charge in [-0.2, -0.15) is 0 Å². The molecule has 0 aliphatic rings. The molecular formula is C9H8ClNO3. The zero-order valence-electron chi connectivity index (χ0n) is 7.40. The predicted octanol–water partition coefficient (Wildman–Crippen LogP) is 1.93. The molecule has 1 rings (SSSR count). The summed E-state index contributed by atoms with van der Waals surface area (Å²) in [5.41, 5.74) is 0.809. The second-order valence-corrected chi connectivity index (χ2v) is 2.88. The van der Waals surface area contributed by atoms with Crippen molar-refractivity contribution in [1.82, 2.24) is 0 Å². The zero-order chi connectivity index (χ0) is 10.6. The smallest absolute Gasteiger partial charge is 0.339 e. The second kappa shape index (κ2) is 4.62. The summed E-state index contributed by atoms with van der Waals surface area (Å²) in [5.74, 6) is -0.525. The number of esters is 1. The minimum atomic E-state index is -0.525. The summed E-state index contributed by atoms with van der Waals surface area (Å²) < 4.78 is 4.52. The van der Waals surface area contributed by atoms with Crippen LogP contribution in [0.4, 0.5) is 0 Å². The standard InChI is InChI=1S/C9H8ClNO3/c1-14-9(12)7-4-6(5-11-13)2-3-8(7)10/h2-5,13H,1H3/b11-5-. The maximum atomic E-state index is 11.2. The van der Waals surface area contributed by atoms with Gasteiger partial charge in [0.1, 0.15) is 0 Å². The monoisotopic (exact) mass is 213 g/mol. The number of rotatable bonds is 2. The van der Waals surface area contributed by atoms with Gasteiger partial charge in [0.15, 0.2) is 0 Å². The fourth-order valence-electron chi connectivity index (χ4n) is 0.956. The molecular weight excluding hydrogens is 206 g/mol. The Hall–Kier alpha value is -1.55. The van der Waals surface area contributed by atoms with E-state index in [-0.39, 0.29) is 5.56 Å². The molecule has 14 heavy (non-hydrogen) atoms. The normalized spacial score (nSPS) is 10.4. The molecule has 0 radical (unpaired) electrons. The molecule has 1 aromatic carbocycles. The molecule has 4 nitrogen and oxygen atoms in total. The zero-order valence-corrected chi connectivity index (χ0v) is 8.15. The van der Waals surface area contributed by atoms with Gasteiger partial charge in [0.2, 0.25) is 0 Å². The number of benzene rings is 1. The van der Waals surface area contributed by atoms with Crippen LogP contribution in [0.15, 0.2) is 23.4 Å². The van der Waals surface area contributed by atoms with E-state index in [2.05, 4.69) is 9.89 Å². The number of hydrogen-bond donors (Lipinski definition) is 1. The van der Waals surface area contributed by atoms with Crippen molar-refractivity contribution in [2.24, 2.45) is 5.16 Å². The lowest BCUT2D eigenvalue weighted by molar-refractivity contribution is 0.0601. The summed E-state index contributed by atoms with van der Waals surface area (Å²) in [5, 5.41) is 11.4. The molecule has 0 saturated carbocycles. The lowest BCUT2D eigenvalue weighted by Crippen LogP contribution is -2.02. The van der Waals surface area contributed by atoms with Crippen LogP contribution in [0.2, 0.25) is 5.02 Å². The third kappa shape index (κ3) is 2.23. The number of ether oxygens (including phenoxy) is 1. The molecule has 0 unspecified atom stereocenters. The fraction of sp³-hybridized carbons (Fsp3) is 0.111. The summed E-state index contributed by atoms with van der Waals surface area (Å²) >= 11 is 5.76. The molecule has 1 aromatic rings. The van der Waals surface area contributed by atoms with E-state index >= 15 is 0 Å². The van der Waals surface area contributed by atoms with Gasteiger partial charge in [-0.05, 0) is 17.7 Å². The van der Waals surface area contributed by atoms with Gasteiger partial charge in [-0.15, -0.1) is 0 Å².